The van der Waals surface area contributed by atoms with Crippen LogP contribution in [0.1, 0.15) is 26.7 Å². The van der Waals surface area contributed by atoms with E-state index in [1.165, 1.54) is 12.1 Å². The van der Waals surface area contributed by atoms with E-state index in [4.69, 9.17) is 14.8 Å². The van der Waals surface area contributed by atoms with Gasteiger partial charge in [-0.15, -0.1) is 0 Å². The number of benzene rings is 1. The van der Waals surface area contributed by atoms with Gasteiger partial charge in [-0.05, 0) is 30.9 Å². The second-order valence-electron chi connectivity index (χ2n) is 3.81. The molecular weight excluding hydrogens is 210 g/mol. The second kappa shape index (κ2) is 5.87. The summed E-state index contributed by atoms with van der Waals surface area (Å²) in [5.41, 5.74) is 0.0960. The highest BCUT2D eigenvalue weighted by molar-refractivity contribution is 6.58. The molecule has 5 heteroatoms. The van der Waals surface area contributed by atoms with Crippen molar-refractivity contribution in [2.75, 3.05) is 0 Å². The summed E-state index contributed by atoms with van der Waals surface area (Å²) in [5.74, 6) is -0.214. The fourth-order valence-electron chi connectivity index (χ4n) is 1.50. The van der Waals surface area contributed by atoms with Crippen molar-refractivity contribution in [1.82, 2.24) is 0 Å². The van der Waals surface area contributed by atoms with Gasteiger partial charge in [0.05, 0.1) is 6.10 Å². The molecule has 0 aliphatic heterocycles. The molecule has 0 spiro atoms. The summed E-state index contributed by atoms with van der Waals surface area (Å²) in [6.45, 7) is 3.93. The Morgan fingerprint density at radius 1 is 1.38 bits per heavy atom. The smallest absolute Gasteiger partial charge is 0.488 e. The molecule has 0 saturated heterocycles. The molecule has 1 aromatic rings. The van der Waals surface area contributed by atoms with Gasteiger partial charge in [0.15, 0.2) is 0 Å². The van der Waals surface area contributed by atoms with Gasteiger partial charge in [-0.1, -0.05) is 13.3 Å². The largest absolute Gasteiger partial charge is 0.491 e. The summed E-state index contributed by atoms with van der Waals surface area (Å²) in [5, 5.41) is 17.9. The van der Waals surface area contributed by atoms with Gasteiger partial charge in [0.1, 0.15) is 11.6 Å². The normalized spacial score (nSPS) is 12.3. The second-order valence-corrected chi connectivity index (χ2v) is 3.81. The van der Waals surface area contributed by atoms with Gasteiger partial charge in [-0.3, -0.25) is 0 Å². The van der Waals surface area contributed by atoms with Crippen LogP contribution in [0.3, 0.4) is 0 Å². The number of ether oxygens (including phenoxy) is 1. The van der Waals surface area contributed by atoms with Crippen molar-refractivity contribution in [3.63, 3.8) is 0 Å². The van der Waals surface area contributed by atoms with Gasteiger partial charge in [0, 0.05) is 6.07 Å². The van der Waals surface area contributed by atoms with Gasteiger partial charge in [0.25, 0.3) is 0 Å². The van der Waals surface area contributed by atoms with E-state index in [2.05, 4.69) is 0 Å². The first-order chi connectivity index (χ1) is 7.52. The Balaban J connectivity index is 2.80. The molecule has 3 nitrogen and oxygen atoms in total. The third-order valence-corrected chi connectivity index (χ3v) is 2.22. The van der Waals surface area contributed by atoms with E-state index in [0.29, 0.717) is 5.75 Å². The molecule has 88 valence electrons. The molecule has 2 N–H and O–H groups in total. The lowest BCUT2D eigenvalue weighted by molar-refractivity contribution is 0.209. The molecule has 0 aliphatic carbocycles. The third kappa shape index (κ3) is 3.83. The van der Waals surface area contributed by atoms with Crippen LogP contribution in [0.2, 0.25) is 0 Å². The topological polar surface area (TPSA) is 49.7 Å². The Bertz CT molecular complexity index is 344. The summed E-state index contributed by atoms with van der Waals surface area (Å²) in [6.07, 6.45) is 1.83. The van der Waals surface area contributed by atoms with Gasteiger partial charge >= 0.3 is 7.12 Å². The third-order valence-electron chi connectivity index (χ3n) is 2.22. The molecule has 1 aromatic carbocycles. The van der Waals surface area contributed by atoms with E-state index in [-0.39, 0.29) is 11.6 Å². The van der Waals surface area contributed by atoms with Crippen molar-refractivity contribution >= 4 is 12.6 Å². The molecule has 0 saturated carbocycles. The zero-order chi connectivity index (χ0) is 12.1. The average molecular weight is 226 g/mol. The first kappa shape index (κ1) is 13.0. The standard InChI is InChI=1S/C11H16BFO3/c1-3-4-8(2)16-11-6-9(12(14)15)5-10(13)7-11/h5-8,14-15H,3-4H2,1-2H3. The SMILES string of the molecule is CCCC(C)Oc1cc(F)cc(B(O)O)c1. The van der Waals surface area contributed by atoms with Crippen molar-refractivity contribution in [3.8, 4) is 5.75 Å². The lowest BCUT2D eigenvalue weighted by Gasteiger charge is -2.14. The summed E-state index contributed by atoms with van der Waals surface area (Å²) in [7, 11) is -1.68. The Kier molecular flexibility index (Phi) is 4.77. The summed E-state index contributed by atoms with van der Waals surface area (Å²) >= 11 is 0. The van der Waals surface area contributed by atoms with E-state index in [1.807, 2.05) is 13.8 Å². The molecule has 0 aromatic heterocycles. The van der Waals surface area contributed by atoms with Crippen LogP contribution in [0.25, 0.3) is 0 Å². The van der Waals surface area contributed by atoms with Crippen LogP contribution in [-0.2, 0) is 0 Å². The lowest BCUT2D eigenvalue weighted by atomic mass is 9.80. The minimum Gasteiger partial charge on any atom is -0.491 e. The number of hydrogen-bond acceptors (Lipinski definition) is 3. The summed E-state index contributed by atoms with van der Waals surface area (Å²) in [6, 6.07) is 3.74. The molecule has 0 bridgehead atoms. The molecule has 0 amide bonds. The number of rotatable bonds is 5. The zero-order valence-electron chi connectivity index (χ0n) is 9.48. The molecule has 0 heterocycles. The Labute approximate surface area is 95.0 Å². The molecule has 1 rings (SSSR count). The van der Waals surface area contributed by atoms with Crippen molar-refractivity contribution < 1.29 is 19.2 Å². The van der Waals surface area contributed by atoms with Gasteiger partial charge in [-0.25, -0.2) is 4.39 Å². The van der Waals surface area contributed by atoms with E-state index in [0.717, 1.165) is 18.9 Å². The maximum Gasteiger partial charge on any atom is 0.488 e. The summed E-state index contributed by atoms with van der Waals surface area (Å²) in [4.78, 5) is 0. The molecule has 1 unspecified atom stereocenters. The maximum atomic E-state index is 13.1. The summed E-state index contributed by atoms with van der Waals surface area (Å²) < 4.78 is 18.6. The highest BCUT2D eigenvalue weighted by atomic mass is 19.1. The van der Waals surface area contributed by atoms with Crippen molar-refractivity contribution in [1.29, 1.82) is 0 Å². The Morgan fingerprint density at radius 2 is 2.06 bits per heavy atom. The van der Waals surface area contributed by atoms with Gasteiger partial charge in [-0.2, -0.15) is 0 Å². The Hall–Kier alpha value is -1.07. The molecule has 0 aliphatic rings. The predicted octanol–water partition coefficient (Wildman–Crippen LogP) is 1.07. The van der Waals surface area contributed by atoms with Crippen LogP contribution in [0, 0.1) is 5.82 Å². The molecule has 16 heavy (non-hydrogen) atoms. The van der Waals surface area contributed by atoms with Crippen molar-refractivity contribution in [3.05, 3.63) is 24.0 Å². The van der Waals surface area contributed by atoms with E-state index in [9.17, 15) is 4.39 Å². The first-order valence-electron chi connectivity index (χ1n) is 5.36. The highest BCUT2D eigenvalue weighted by Gasteiger charge is 2.14. The zero-order valence-corrected chi connectivity index (χ0v) is 9.48. The maximum absolute atomic E-state index is 13.1. The minimum absolute atomic E-state index is 0.0181. The van der Waals surface area contributed by atoms with Crippen LogP contribution in [0.15, 0.2) is 18.2 Å². The van der Waals surface area contributed by atoms with Crippen LogP contribution in [0.4, 0.5) is 4.39 Å². The predicted molar refractivity (Wildman–Crippen MR) is 61.2 cm³/mol. The Morgan fingerprint density at radius 3 is 2.62 bits per heavy atom. The van der Waals surface area contributed by atoms with Crippen LogP contribution in [-0.4, -0.2) is 23.3 Å². The monoisotopic (exact) mass is 226 g/mol. The van der Waals surface area contributed by atoms with Crippen molar-refractivity contribution in [2.24, 2.45) is 0 Å². The van der Waals surface area contributed by atoms with Crippen LogP contribution < -0.4 is 10.2 Å². The van der Waals surface area contributed by atoms with E-state index >= 15 is 0 Å². The average Bonchev–Trinajstić information content (AvgIpc) is 2.16. The molecular formula is C11H16BFO3. The van der Waals surface area contributed by atoms with Gasteiger partial charge < -0.3 is 14.8 Å². The molecule has 1 atom stereocenters. The van der Waals surface area contributed by atoms with Crippen LogP contribution >= 0.6 is 0 Å². The minimum atomic E-state index is -1.68. The van der Waals surface area contributed by atoms with Crippen LogP contribution in [0.5, 0.6) is 5.75 Å². The quantitative estimate of drug-likeness (QED) is 0.738. The molecule has 0 radical (unpaired) electrons. The number of hydrogen-bond donors (Lipinski definition) is 2. The molecule has 0 fully saturated rings. The fourth-order valence-corrected chi connectivity index (χ4v) is 1.50. The lowest BCUT2D eigenvalue weighted by Crippen LogP contribution is -2.30. The van der Waals surface area contributed by atoms with E-state index < -0.39 is 12.9 Å². The highest BCUT2D eigenvalue weighted by Crippen LogP contribution is 2.14. The van der Waals surface area contributed by atoms with Crippen molar-refractivity contribution in [2.45, 2.75) is 32.8 Å². The number of halogens is 1. The first-order valence-corrected chi connectivity index (χ1v) is 5.36. The van der Waals surface area contributed by atoms with Gasteiger partial charge in [0.2, 0.25) is 0 Å². The van der Waals surface area contributed by atoms with E-state index in [1.54, 1.807) is 0 Å². The fraction of sp³-hybridized carbons (Fsp3) is 0.455.